The summed E-state index contributed by atoms with van der Waals surface area (Å²) in [5, 5.41) is 3.31. The molecule has 0 bridgehead atoms. The van der Waals surface area contributed by atoms with Crippen LogP contribution in [0.25, 0.3) is 0 Å². The normalized spacial score (nSPS) is 11.3. The Morgan fingerprint density at radius 3 is 2.60 bits per heavy atom. The van der Waals surface area contributed by atoms with Gasteiger partial charge in [-0.25, -0.2) is 0 Å². The van der Waals surface area contributed by atoms with Gasteiger partial charge in [-0.05, 0) is 26.3 Å². The summed E-state index contributed by atoms with van der Waals surface area (Å²) in [6.07, 6.45) is 0.385. The van der Waals surface area contributed by atoms with Crippen LogP contribution in [0.5, 0.6) is 0 Å². The maximum absolute atomic E-state index is 11.2. The monoisotopic (exact) mass is 279 g/mol. The van der Waals surface area contributed by atoms with Crippen molar-refractivity contribution in [2.75, 3.05) is 19.8 Å². The van der Waals surface area contributed by atoms with Crippen LogP contribution in [-0.4, -0.2) is 31.3 Å². The molecule has 0 atom stereocenters. The Bertz CT molecular complexity index is 390. The van der Waals surface area contributed by atoms with E-state index in [9.17, 15) is 4.79 Å². The second-order valence-corrected chi connectivity index (χ2v) is 5.34. The molecule has 0 aromatic heterocycles. The lowest BCUT2D eigenvalue weighted by molar-refractivity contribution is -0.143. The Morgan fingerprint density at radius 1 is 1.25 bits per heavy atom. The molecule has 0 spiro atoms. The van der Waals surface area contributed by atoms with Gasteiger partial charge in [0.25, 0.3) is 0 Å². The molecule has 0 fully saturated rings. The Hall–Kier alpha value is -1.39. The van der Waals surface area contributed by atoms with Crippen LogP contribution < -0.4 is 5.32 Å². The van der Waals surface area contributed by atoms with E-state index in [-0.39, 0.29) is 11.5 Å². The minimum Gasteiger partial charge on any atom is -0.466 e. The van der Waals surface area contributed by atoms with Gasteiger partial charge in [-0.15, -0.1) is 0 Å². The van der Waals surface area contributed by atoms with Gasteiger partial charge in [0, 0.05) is 12.1 Å². The Labute approximate surface area is 121 Å². The van der Waals surface area contributed by atoms with Crippen molar-refractivity contribution in [3.63, 3.8) is 0 Å². The lowest BCUT2D eigenvalue weighted by Gasteiger charge is -2.26. The molecule has 112 valence electrons. The fourth-order valence-corrected chi connectivity index (χ4v) is 1.79. The van der Waals surface area contributed by atoms with E-state index < -0.39 is 0 Å². The number of esters is 1. The van der Waals surface area contributed by atoms with E-state index in [1.165, 1.54) is 0 Å². The van der Waals surface area contributed by atoms with E-state index in [1.807, 2.05) is 37.3 Å². The summed E-state index contributed by atoms with van der Waals surface area (Å²) in [5.41, 5.74) is 0.996. The van der Waals surface area contributed by atoms with Crippen LogP contribution in [0.15, 0.2) is 30.3 Å². The molecule has 4 nitrogen and oxygen atoms in total. The average Bonchev–Trinajstić information content (AvgIpc) is 2.40. The van der Waals surface area contributed by atoms with Crippen LogP contribution >= 0.6 is 0 Å². The summed E-state index contributed by atoms with van der Waals surface area (Å²) in [5.74, 6) is -0.166. The van der Waals surface area contributed by atoms with Gasteiger partial charge in [0.1, 0.15) is 0 Å². The molecule has 4 heteroatoms. The van der Waals surface area contributed by atoms with Crippen molar-refractivity contribution in [2.24, 2.45) is 0 Å². The zero-order valence-electron chi connectivity index (χ0n) is 12.6. The fourth-order valence-electron chi connectivity index (χ4n) is 1.79. The molecular weight excluding hydrogens is 254 g/mol. The molecule has 1 rings (SSSR count). The van der Waals surface area contributed by atoms with Crippen LogP contribution in [0.2, 0.25) is 0 Å². The molecule has 0 aliphatic rings. The molecule has 1 aromatic rings. The molecule has 1 N–H and O–H groups in total. The maximum atomic E-state index is 11.2. The summed E-state index contributed by atoms with van der Waals surface area (Å²) in [6.45, 7) is 8.15. The zero-order valence-corrected chi connectivity index (χ0v) is 12.6. The smallest absolute Gasteiger partial charge is 0.307 e. The summed E-state index contributed by atoms with van der Waals surface area (Å²) >= 11 is 0. The minimum atomic E-state index is -0.166. The second kappa shape index (κ2) is 8.72. The Kier molecular flexibility index (Phi) is 7.26. The molecule has 0 aliphatic carbocycles. The molecule has 1 aromatic carbocycles. The molecule has 0 amide bonds. The summed E-state index contributed by atoms with van der Waals surface area (Å²) in [4.78, 5) is 11.2. The average molecular weight is 279 g/mol. The van der Waals surface area contributed by atoms with Crippen LogP contribution in [0, 0.1) is 0 Å². The number of carbonyl (C=O) groups is 1. The van der Waals surface area contributed by atoms with Gasteiger partial charge >= 0.3 is 5.97 Å². The molecule has 0 heterocycles. The topological polar surface area (TPSA) is 47.6 Å². The highest BCUT2D eigenvalue weighted by Crippen LogP contribution is 2.06. The first-order valence-electron chi connectivity index (χ1n) is 7.06. The first-order valence-corrected chi connectivity index (χ1v) is 7.06. The first kappa shape index (κ1) is 16.7. The Balaban J connectivity index is 2.19. The van der Waals surface area contributed by atoms with Gasteiger partial charge in [-0.3, -0.25) is 4.79 Å². The van der Waals surface area contributed by atoms with E-state index in [1.54, 1.807) is 0 Å². The molecule has 0 saturated heterocycles. The number of hydrogen-bond donors (Lipinski definition) is 1. The lowest BCUT2D eigenvalue weighted by atomic mass is 10.1. The number of ether oxygens (including phenoxy) is 2. The quantitative estimate of drug-likeness (QED) is 0.706. The van der Waals surface area contributed by atoms with E-state index in [2.05, 4.69) is 19.2 Å². The Morgan fingerprint density at radius 2 is 1.95 bits per heavy atom. The van der Waals surface area contributed by atoms with E-state index in [4.69, 9.17) is 9.47 Å². The number of nitrogens with one attached hydrogen (secondary N) is 1. The zero-order chi connectivity index (χ0) is 14.8. The third-order valence-electron chi connectivity index (χ3n) is 2.81. The number of hydrogen-bond acceptors (Lipinski definition) is 4. The first-order chi connectivity index (χ1) is 9.53. The predicted molar refractivity (Wildman–Crippen MR) is 79.4 cm³/mol. The van der Waals surface area contributed by atoms with E-state index >= 15 is 0 Å². The van der Waals surface area contributed by atoms with Crippen molar-refractivity contribution in [3.8, 4) is 0 Å². The second-order valence-electron chi connectivity index (χ2n) is 5.34. The van der Waals surface area contributed by atoms with Crippen LogP contribution in [0.1, 0.15) is 32.8 Å². The lowest BCUT2D eigenvalue weighted by Crippen LogP contribution is -2.44. The highest BCUT2D eigenvalue weighted by atomic mass is 16.5. The van der Waals surface area contributed by atoms with Gasteiger partial charge in [0.15, 0.2) is 0 Å². The molecule has 0 saturated carbocycles. The highest BCUT2D eigenvalue weighted by Gasteiger charge is 2.17. The minimum absolute atomic E-state index is 0.165. The SMILES string of the molecule is CCOC(=O)CCNC(C)(C)COCc1ccccc1. The summed E-state index contributed by atoms with van der Waals surface area (Å²) in [6, 6.07) is 10.1. The van der Waals surface area contributed by atoms with Gasteiger partial charge in [0.2, 0.25) is 0 Å². The van der Waals surface area contributed by atoms with Crippen molar-refractivity contribution in [1.29, 1.82) is 0 Å². The third kappa shape index (κ3) is 7.26. The van der Waals surface area contributed by atoms with Gasteiger partial charge in [-0.1, -0.05) is 30.3 Å². The van der Waals surface area contributed by atoms with Crippen molar-refractivity contribution < 1.29 is 14.3 Å². The maximum Gasteiger partial charge on any atom is 0.307 e. The molecule has 0 unspecified atom stereocenters. The van der Waals surface area contributed by atoms with Crippen molar-refractivity contribution >= 4 is 5.97 Å². The molecule has 20 heavy (non-hydrogen) atoms. The fraction of sp³-hybridized carbons (Fsp3) is 0.562. The predicted octanol–water partition coefficient (Wildman–Crippen LogP) is 2.52. The summed E-state index contributed by atoms with van der Waals surface area (Å²) < 4.78 is 10.6. The van der Waals surface area contributed by atoms with Gasteiger partial charge in [0.05, 0.1) is 26.2 Å². The van der Waals surface area contributed by atoms with E-state index in [0.29, 0.717) is 32.8 Å². The largest absolute Gasteiger partial charge is 0.466 e. The van der Waals surface area contributed by atoms with Crippen molar-refractivity contribution in [1.82, 2.24) is 5.32 Å². The highest BCUT2D eigenvalue weighted by molar-refractivity contribution is 5.69. The van der Waals surface area contributed by atoms with Crippen LogP contribution in [0.3, 0.4) is 0 Å². The van der Waals surface area contributed by atoms with Gasteiger partial charge in [-0.2, -0.15) is 0 Å². The number of rotatable bonds is 9. The summed E-state index contributed by atoms with van der Waals surface area (Å²) in [7, 11) is 0. The van der Waals surface area contributed by atoms with Crippen molar-refractivity contribution in [2.45, 2.75) is 39.3 Å². The van der Waals surface area contributed by atoms with Crippen LogP contribution in [0.4, 0.5) is 0 Å². The standard InChI is InChI=1S/C16H25NO3/c1-4-20-15(18)10-11-17-16(2,3)13-19-12-14-8-6-5-7-9-14/h5-9,17H,4,10-13H2,1-3H3. The van der Waals surface area contributed by atoms with Crippen LogP contribution in [-0.2, 0) is 20.9 Å². The molecular formula is C16H25NO3. The van der Waals surface area contributed by atoms with Gasteiger partial charge < -0.3 is 14.8 Å². The number of carbonyl (C=O) groups excluding carboxylic acids is 1. The number of benzene rings is 1. The van der Waals surface area contributed by atoms with E-state index in [0.717, 1.165) is 5.56 Å². The van der Waals surface area contributed by atoms with Crippen molar-refractivity contribution in [3.05, 3.63) is 35.9 Å². The third-order valence-corrected chi connectivity index (χ3v) is 2.81. The molecule has 0 radical (unpaired) electrons. The molecule has 0 aliphatic heterocycles.